The summed E-state index contributed by atoms with van der Waals surface area (Å²) in [4.78, 5) is 45.7. The van der Waals surface area contributed by atoms with Crippen LogP contribution < -0.4 is 5.73 Å². The molecule has 0 unspecified atom stereocenters. The number of nitrogens with zero attached hydrogens (tertiary/aromatic N) is 4. The maximum atomic E-state index is 14.0. The topological polar surface area (TPSA) is 158 Å². The summed E-state index contributed by atoms with van der Waals surface area (Å²) in [6.07, 6.45) is -3.17. The van der Waals surface area contributed by atoms with Gasteiger partial charge in [0.15, 0.2) is 29.6 Å². The lowest BCUT2D eigenvalue weighted by Gasteiger charge is -2.23. The summed E-state index contributed by atoms with van der Waals surface area (Å²) in [5.74, 6) is -3.22. The Morgan fingerprint density at radius 3 is 2.41 bits per heavy atom. The van der Waals surface area contributed by atoms with Crippen molar-refractivity contribution >= 4 is 35.0 Å². The number of hydrogen-bond donors (Lipinski definition) is 1. The summed E-state index contributed by atoms with van der Waals surface area (Å²) in [7, 11) is 0. The summed E-state index contributed by atoms with van der Waals surface area (Å²) in [5.41, 5.74) is 5.31. The molecule has 1 aliphatic heterocycles. The van der Waals surface area contributed by atoms with Gasteiger partial charge in [-0.05, 0) is 0 Å². The van der Waals surface area contributed by atoms with E-state index < -0.39 is 48.4 Å². The number of nitrogens with two attached hydrogens (primary N) is 1. The van der Waals surface area contributed by atoms with Crippen molar-refractivity contribution in [2.24, 2.45) is 0 Å². The Morgan fingerprint density at radius 2 is 1.79 bits per heavy atom. The number of fused-ring (bicyclic) bond motifs is 1. The third-order valence-electron chi connectivity index (χ3n) is 4.01. The normalized spacial score (nSPS) is 23.7. The van der Waals surface area contributed by atoms with Crippen molar-refractivity contribution in [3.63, 3.8) is 0 Å². The SMILES string of the molecule is CC(=O)OC[C@H]1O[C@@H](n2cnc3c(F)nc(N)nc32)[C@H](OC(C)=O)[C@@H]1OC(C)=O. The average molecular weight is 411 g/mol. The number of carbonyl (C=O) groups excluding carboxylic acids is 3. The lowest BCUT2D eigenvalue weighted by Crippen LogP contribution is -2.40. The minimum atomic E-state index is -1.16. The quantitative estimate of drug-likeness (QED) is 0.397. The van der Waals surface area contributed by atoms with Crippen LogP contribution in [-0.2, 0) is 33.3 Å². The smallest absolute Gasteiger partial charge is 0.303 e. The second-order valence-electron chi connectivity index (χ2n) is 6.21. The van der Waals surface area contributed by atoms with Gasteiger partial charge in [-0.2, -0.15) is 14.4 Å². The number of rotatable bonds is 5. The van der Waals surface area contributed by atoms with Crippen LogP contribution in [0.4, 0.5) is 10.3 Å². The van der Waals surface area contributed by atoms with E-state index in [-0.39, 0.29) is 23.7 Å². The highest BCUT2D eigenvalue weighted by Gasteiger charge is 2.51. The van der Waals surface area contributed by atoms with Crippen LogP contribution in [0.1, 0.15) is 27.0 Å². The van der Waals surface area contributed by atoms with Crippen molar-refractivity contribution in [1.29, 1.82) is 0 Å². The molecule has 4 atom stereocenters. The van der Waals surface area contributed by atoms with Crippen LogP contribution in [-0.4, -0.2) is 62.3 Å². The zero-order chi connectivity index (χ0) is 21.3. The molecule has 2 aromatic heterocycles. The van der Waals surface area contributed by atoms with Crippen molar-refractivity contribution in [3.05, 3.63) is 12.3 Å². The number of imidazole rings is 1. The van der Waals surface area contributed by atoms with Gasteiger partial charge in [0.1, 0.15) is 12.7 Å². The lowest BCUT2D eigenvalue weighted by molar-refractivity contribution is -0.166. The molecular formula is C16H18FN5O7. The first-order chi connectivity index (χ1) is 13.7. The number of nitrogen functional groups attached to an aromatic ring is 1. The monoisotopic (exact) mass is 411 g/mol. The molecule has 2 N–H and O–H groups in total. The zero-order valence-electron chi connectivity index (χ0n) is 15.7. The first kappa shape index (κ1) is 20.4. The zero-order valence-corrected chi connectivity index (χ0v) is 15.7. The summed E-state index contributed by atoms with van der Waals surface area (Å²) in [6, 6.07) is 0. The number of esters is 3. The molecule has 13 heteroatoms. The van der Waals surface area contributed by atoms with Crippen molar-refractivity contribution in [1.82, 2.24) is 19.5 Å². The highest BCUT2D eigenvalue weighted by molar-refractivity contribution is 5.72. The summed E-state index contributed by atoms with van der Waals surface area (Å²) in [5, 5.41) is 0. The lowest BCUT2D eigenvalue weighted by atomic mass is 10.1. The standard InChI is InChI=1S/C16H18FN5O7/c1-6(23)26-4-9-11(27-7(2)24)12(28-8(3)25)15(29-9)22-5-19-10-13(17)20-16(18)21-14(10)22/h5,9,11-12,15H,4H2,1-3H3,(H2,18,20,21)/t9-,11-,12-,15-/m1/s1. The maximum absolute atomic E-state index is 14.0. The molecule has 0 spiro atoms. The van der Waals surface area contributed by atoms with Crippen LogP contribution in [0.2, 0.25) is 0 Å². The molecule has 0 saturated carbocycles. The molecule has 0 amide bonds. The van der Waals surface area contributed by atoms with E-state index in [1.165, 1.54) is 17.8 Å². The van der Waals surface area contributed by atoms with Gasteiger partial charge < -0.3 is 24.7 Å². The van der Waals surface area contributed by atoms with Gasteiger partial charge in [0.2, 0.25) is 11.9 Å². The van der Waals surface area contributed by atoms with Crippen LogP contribution >= 0.6 is 0 Å². The van der Waals surface area contributed by atoms with E-state index in [1.54, 1.807) is 0 Å². The molecular weight excluding hydrogens is 393 g/mol. The van der Waals surface area contributed by atoms with Gasteiger partial charge >= 0.3 is 17.9 Å². The fourth-order valence-electron chi connectivity index (χ4n) is 3.00. The van der Waals surface area contributed by atoms with Crippen molar-refractivity contribution in [2.45, 2.75) is 45.3 Å². The second kappa shape index (κ2) is 7.95. The number of anilines is 1. The van der Waals surface area contributed by atoms with Crippen molar-refractivity contribution in [2.75, 3.05) is 12.3 Å². The number of hydrogen-bond acceptors (Lipinski definition) is 11. The Morgan fingerprint density at radius 1 is 1.14 bits per heavy atom. The fourth-order valence-corrected chi connectivity index (χ4v) is 3.00. The van der Waals surface area contributed by atoms with E-state index in [0.29, 0.717) is 0 Å². The third-order valence-corrected chi connectivity index (χ3v) is 4.01. The van der Waals surface area contributed by atoms with Gasteiger partial charge in [0, 0.05) is 20.8 Å². The molecule has 1 fully saturated rings. The molecule has 1 saturated heterocycles. The molecule has 0 aromatic carbocycles. The number of halogens is 1. The van der Waals surface area contributed by atoms with Crippen LogP contribution in [0, 0.1) is 5.95 Å². The van der Waals surface area contributed by atoms with E-state index in [0.717, 1.165) is 13.8 Å². The molecule has 156 valence electrons. The van der Waals surface area contributed by atoms with Gasteiger partial charge in [0.25, 0.3) is 0 Å². The van der Waals surface area contributed by atoms with E-state index in [1.807, 2.05) is 0 Å². The molecule has 2 aromatic rings. The predicted octanol–water partition coefficient (Wildman–Crippen LogP) is -0.128. The number of aromatic nitrogens is 4. The molecule has 3 heterocycles. The Balaban J connectivity index is 2.04. The second-order valence-corrected chi connectivity index (χ2v) is 6.21. The van der Waals surface area contributed by atoms with Crippen molar-refractivity contribution in [3.8, 4) is 0 Å². The van der Waals surface area contributed by atoms with Crippen LogP contribution in [0.15, 0.2) is 6.33 Å². The van der Waals surface area contributed by atoms with Crippen LogP contribution in [0.5, 0.6) is 0 Å². The largest absolute Gasteiger partial charge is 0.463 e. The average Bonchev–Trinajstić information content (AvgIpc) is 3.15. The first-order valence-corrected chi connectivity index (χ1v) is 8.46. The Labute approximate surface area is 163 Å². The Kier molecular flexibility index (Phi) is 5.59. The van der Waals surface area contributed by atoms with Gasteiger partial charge in [-0.1, -0.05) is 0 Å². The summed E-state index contributed by atoms with van der Waals surface area (Å²) in [6.45, 7) is 3.24. The van der Waals surface area contributed by atoms with E-state index in [4.69, 9.17) is 24.7 Å². The van der Waals surface area contributed by atoms with Gasteiger partial charge in [-0.3, -0.25) is 19.0 Å². The van der Waals surface area contributed by atoms with E-state index >= 15 is 0 Å². The fraction of sp³-hybridized carbons (Fsp3) is 0.500. The van der Waals surface area contributed by atoms with Gasteiger partial charge in [-0.25, -0.2) is 4.98 Å². The molecule has 0 bridgehead atoms. The third kappa shape index (κ3) is 4.23. The predicted molar refractivity (Wildman–Crippen MR) is 91.3 cm³/mol. The summed E-state index contributed by atoms with van der Waals surface area (Å²) >= 11 is 0. The van der Waals surface area contributed by atoms with Crippen LogP contribution in [0.25, 0.3) is 11.2 Å². The Hall–Kier alpha value is -3.35. The first-order valence-electron chi connectivity index (χ1n) is 8.46. The molecule has 12 nitrogen and oxygen atoms in total. The number of ether oxygens (including phenoxy) is 4. The van der Waals surface area contributed by atoms with Crippen molar-refractivity contribution < 1.29 is 37.7 Å². The number of carbonyl (C=O) groups is 3. The summed E-state index contributed by atoms with van der Waals surface area (Å²) < 4.78 is 36.7. The van der Waals surface area contributed by atoms with Gasteiger partial charge in [0.05, 0.1) is 6.33 Å². The minimum Gasteiger partial charge on any atom is -0.463 e. The van der Waals surface area contributed by atoms with Crippen LogP contribution in [0.3, 0.4) is 0 Å². The van der Waals surface area contributed by atoms with E-state index in [2.05, 4.69) is 15.0 Å². The molecule has 3 rings (SSSR count). The molecule has 0 aliphatic carbocycles. The minimum absolute atomic E-state index is 0.0214. The molecule has 29 heavy (non-hydrogen) atoms. The molecule has 1 aliphatic rings. The van der Waals surface area contributed by atoms with E-state index in [9.17, 15) is 18.8 Å². The van der Waals surface area contributed by atoms with Gasteiger partial charge in [-0.15, -0.1) is 0 Å². The highest BCUT2D eigenvalue weighted by atomic mass is 19.1. The Bertz CT molecular complexity index is 965. The maximum Gasteiger partial charge on any atom is 0.303 e. The highest BCUT2D eigenvalue weighted by Crippen LogP contribution is 2.36. The molecule has 0 radical (unpaired) electrons.